The lowest BCUT2D eigenvalue weighted by molar-refractivity contribution is -0.161. The van der Waals surface area contributed by atoms with Crippen LogP contribution in [-0.2, 0) is 32.7 Å². The number of carbonyl (C=O) groups is 2. The number of esters is 2. The Labute approximate surface area is 348 Å². The van der Waals surface area contributed by atoms with Gasteiger partial charge in [-0.25, -0.2) is 4.57 Å². The van der Waals surface area contributed by atoms with E-state index in [1.165, 1.54) is 0 Å². The minimum Gasteiger partial charge on any atom is -0.462 e. The van der Waals surface area contributed by atoms with Crippen molar-refractivity contribution in [1.82, 2.24) is 0 Å². The highest BCUT2D eigenvalue weighted by Crippen LogP contribution is 2.43. The highest BCUT2D eigenvalue weighted by molar-refractivity contribution is 7.47. The van der Waals surface area contributed by atoms with Crippen molar-refractivity contribution in [2.75, 3.05) is 26.4 Å². The fourth-order valence-electron chi connectivity index (χ4n) is 4.80. The third-order valence-electron chi connectivity index (χ3n) is 8.00. The maximum absolute atomic E-state index is 12.6. The molecule has 0 aromatic heterocycles. The largest absolute Gasteiger partial charge is 0.472 e. The Balaban J connectivity index is 4.51. The summed E-state index contributed by atoms with van der Waals surface area (Å²) < 4.78 is 32.6. The van der Waals surface area contributed by atoms with Crippen LogP contribution in [0.25, 0.3) is 0 Å². The second kappa shape index (κ2) is 40.4. The van der Waals surface area contributed by atoms with Gasteiger partial charge < -0.3 is 29.7 Å². The molecule has 0 heterocycles. The van der Waals surface area contributed by atoms with E-state index in [2.05, 4.69) is 72.2 Å². The number of hydrogen-bond donors (Lipinski definition) is 4. The molecule has 12 heteroatoms. The van der Waals surface area contributed by atoms with Gasteiger partial charge >= 0.3 is 19.8 Å². The van der Waals surface area contributed by atoms with Crippen molar-refractivity contribution in [3.05, 3.63) is 109 Å². The van der Waals surface area contributed by atoms with Crippen molar-refractivity contribution < 1.29 is 52.9 Å². The Morgan fingerprint density at radius 1 is 0.586 bits per heavy atom. The van der Waals surface area contributed by atoms with Gasteiger partial charge in [0.05, 0.1) is 25.9 Å². The Hall–Kier alpha value is -3.41. The highest BCUT2D eigenvalue weighted by atomic mass is 31.2. The second-order valence-electron chi connectivity index (χ2n) is 13.4. The zero-order valence-electron chi connectivity index (χ0n) is 35.1. The molecule has 0 aliphatic carbocycles. The Morgan fingerprint density at radius 3 is 1.72 bits per heavy atom. The summed E-state index contributed by atoms with van der Waals surface area (Å²) in [4.78, 5) is 34.9. The van der Waals surface area contributed by atoms with Crippen LogP contribution in [0.5, 0.6) is 0 Å². The zero-order chi connectivity index (χ0) is 42.8. The van der Waals surface area contributed by atoms with E-state index in [0.717, 1.165) is 70.6 Å². The number of phosphoric ester groups is 1. The number of rotatable bonds is 37. The Kier molecular flexibility index (Phi) is 38.0. The molecule has 0 saturated heterocycles. The fraction of sp³-hybridized carbons (Fsp3) is 0.565. The molecule has 0 rings (SSSR count). The van der Waals surface area contributed by atoms with E-state index in [4.69, 9.17) is 19.1 Å². The fourth-order valence-corrected chi connectivity index (χ4v) is 5.59. The molecule has 0 amide bonds. The first-order valence-electron chi connectivity index (χ1n) is 21.0. The molecule has 58 heavy (non-hydrogen) atoms. The first-order valence-corrected chi connectivity index (χ1v) is 22.4. The molecule has 0 aromatic rings. The molecule has 2 unspecified atom stereocenters. The number of aliphatic hydroxyl groups excluding tert-OH is 3. The molecule has 0 saturated carbocycles. The molecule has 0 bridgehead atoms. The van der Waals surface area contributed by atoms with E-state index in [9.17, 15) is 29.3 Å². The molecule has 4 atom stereocenters. The van der Waals surface area contributed by atoms with Gasteiger partial charge in [-0.15, -0.1) is 0 Å². The minimum absolute atomic E-state index is 0.128. The highest BCUT2D eigenvalue weighted by Gasteiger charge is 2.27. The molecular weight excluding hydrogens is 759 g/mol. The smallest absolute Gasteiger partial charge is 0.462 e. The van der Waals surface area contributed by atoms with Gasteiger partial charge in [-0.2, -0.15) is 0 Å². The third kappa shape index (κ3) is 39.4. The van der Waals surface area contributed by atoms with Gasteiger partial charge in [0.15, 0.2) is 6.10 Å². The first-order chi connectivity index (χ1) is 28.1. The van der Waals surface area contributed by atoms with Crippen LogP contribution in [0, 0.1) is 0 Å². The summed E-state index contributed by atoms with van der Waals surface area (Å²) >= 11 is 0. The molecule has 4 N–H and O–H groups in total. The number of hydrogen-bond acceptors (Lipinski definition) is 10. The van der Waals surface area contributed by atoms with Crippen LogP contribution in [-0.4, -0.2) is 76.9 Å². The quantitative estimate of drug-likeness (QED) is 0.0155. The standard InChI is InChI=1S/C46H73O11P/c1-3-5-7-8-9-10-11-12-13-14-15-16-21-24-27-30-33-37-46(51)57-44(41-56-58(52,53)55-39-43(49)38-47)40-54-45(50)36-32-29-26-23-20-18-17-19-22-25-28-31-35-42(48)34-6-4-2/h5-7,9-10,12-13,15-18,22-23,25-26,28,31,34,42-44,47-49H,3-4,8,11,14,19-21,24,27,29-30,32-33,35-41H2,1-2H3,(H,52,53)/b7-5-,10-9-,13-12-,16-15-,18-17-,25-22-,26-23-,31-28+,34-6-/t42?,43-,44+/m0/s1. The summed E-state index contributed by atoms with van der Waals surface area (Å²) in [5.74, 6) is -1.06. The van der Waals surface area contributed by atoms with Gasteiger partial charge in [0.1, 0.15) is 12.7 Å². The van der Waals surface area contributed by atoms with Crippen LogP contribution in [0.2, 0.25) is 0 Å². The summed E-state index contributed by atoms with van der Waals surface area (Å²) in [6, 6.07) is 0. The van der Waals surface area contributed by atoms with Crippen molar-refractivity contribution >= 4 is 19.8 Å². The van der Waals surface area contributed by atoms with Gasteiger partial charge in [-0.3, -0.25) is 18.6 Å². The molecule has 0 radical (unpaired) electrons. The lowest BCUT2D eigenvalue weighted by Gasteiger charge is -2.20. The van der Waals surface area contributed by atoms with Crippen molar-refractivity contribution in [2.45, 2.75) is 141 Å². The van der Waals surface area contributed by atoms with E-state index < -0.39 is 57.9 Å². The minimum atomic E-state index is -4.65. The van der Waals surface area contributed by atoms with Gasteiger partial charge in [-0.05, 0) is 83.5 Å². The van der Waals surface area contributed by atoms with Crippen LogP contribution in [0.15, 0.2) is 109 Å². The van der Waals surface area contributed by atoms with E-state index >= 15 is 0 Å². The number of aliphatic hydroxyl groups is 3. The van der Waals surface area contributed by atoms with Crippen molar-refractivity contribution in [1.29, 1.82) is 0 Å². The van der Waals surface area contributed by atoms with Gasteiger partial charge in [-0.1, -0.05) is 136 Å². The summed E-state index contributed by atoms with van der Waals surface area (Å²) in [6.07, 6.45) is 46.9. The molecule has 0 fully saturated rings. The van der Waals surface area contributed by atoms with Crippen LogP contribution >= 0.6 is 7.82 Å². The zero-order valence-corrected chi connectivity index (χ0v) is 36.0. The maximum Gasteiger partial charge on any atom is 0.472 e. The predicted octanol–water partition coefficient (Wildman–Crippen LogP) is 9.97. The van der Waals surface area contributed by atoms with Gasteiger partial charge in [0.25, 0.3) is 0 Å². The average molecular weight is 833 g/mol. The maximum atomic E-state index is 12.6. The van der Waals surface area contributed by atoms with E-state index in [-0.39, 0.29) is 19.4 Å². The topological polar surface area (TPSA) is 169 Å². The number of unbranched alkanes of at least 4 members (excludes halogenated alkanes) is 5. The summed E-state index contributed by atoms with van der Waals surface area (Å²) in [7, 11) is -4.65. The van der Waals surface area contributed by atoms with Crippen LogP contribution < -0.4 is 0 Å². The lowest BCUT2D eigenvalue weighted by Crippen LogP contribution is -2.29. The Morgan fingerprint density at radius 2 is 1.10 bits per heavy atom. The normalized spacial score (nSPS) is 15.5. The number of carbonyl (C=O) groups excluding carboxylic acids is 2. The summed E-state index contributed by atoms with van der Waals surface area (Å²) in [6.45, 7) is 1.89. The number of phosphoric acid groups is 1. The predicted molar refractivity (Wildman–Crippen MR) is 234 cm³/mol. The van der Waals surface area contributed by atoms with Crippen LogP contribution in [0.3, 0.4) is 0 Å². The first kappa shape index (κ1) is 54.6. The summed E-state index contributed by atoms with van der Waals surface area (Å²) in [5.41, 5.74) is 0. The van der Waals surface area contributed by atoms with E-state index in [1.54, 1.807) is 6.08 Å². The van der Waals surface area contributed by atoms with E-state index in [0.29, 0.717) is 25.7 Å². The summed E-state index contributed by atoms with van der Waals surface area (Å²) in [5, 5.41) is 28.1. The molecular formula is C46H73O11P. The van der Waals surface area contributed by atoms with Gasteiger partial charge in [0.2, 0.25) is 0 Å². The lowest BCUT2D eigenvalue weighted by atomic mass is 10.1. The number of allylic oxidation sites excluding steroid dienone is 16. The SMILES string of the molecule is CC/C=C\C/C=C\C/C=C\C/C=C\CCCCCCC(=O)O[C@H](COC(=O)CCC/C=C\C/C=C\C/C=C\C=C\CC(O)/C=C\CC)COP(=O)(O)OC[C@@H](O)CO. The van der Waals surface area contributed by atoms with Gasteiger partial charge in [0, 0.05) is 12.8 Å². The Bertz CT molecular complexity index is 1340. The third-order valence-corrected chi connectivity index (χ3v) is 8.95. The van der Waals surface area contributed by atoms with E-state index in [1.807, 2.05) is 49.5 Å². The van der Waals surface area contributed by atoms with Crippen LogP contribution in [0.1, 0.15) is 123 Å². The van der Waals surface area contributed by atoms with Crippen molar-refractivity contribution in [3.63, 3.8) is 0 Å². The van der Waals surface area contributed by atoms with Crippen molar-refractivity contribution in [3.8, 4) is 0 Å². The number of ether oxygens (including phenoxy) is 2. The van der Waals surface area contributed by atoms with Crippen LogP contribution in [0.4, 0.5) is 0 Å². The molecule has 0 aliphatic rings. The monoisotopic (exact) mass is 832 g/mol. The molecule has 0 aliphatic heterocycles. The molecule has 0 aromatic carbocycles. The van der Waals surface area contributed by atoms with Crippen molar-refractivity contribution in [2.24, 2.45) is 0 Å². The molecule has 11 nitrogen and oxygen atoms in total. The molecule has 328 valence electrons. The molecule has 0 spiro atoms. The second-order valence-corrected chi connectivity index (χ2v) is 14.9. The average Bonchev–Trinajstić information content (AvgIpc) is 3.21.